The fourth-order valence-electron chi connectivity index (χ4n) is 10.4. The molecule has 1 saturated heterocycles. The van der Waals surface area contributed by atoms with Gasteiger partial charge in [0.1, 0.15) is 0 Å². The third-order valence-corrected chi connectivity index (χ3v) is 10.9. The molecule has 1 spiro atoms. The SMILES string of the molecule is CCN1C[C@]2(COC)CCC(O)C34C5C[C@@H]6[C@@H](OC)C[C@](O)(C(C13)[C@H](O)C42)C5[C@H]6O. The van der Waals surface area contributed by atoms with Gasteiger partial charge in [0.25, 0.3) is 0 Å². The molecular formula is C23H37NO6. The number of aliphatic hydroxyl groups excluding tert-OH is 3. The van der Waals surface area contributed by atoms with E-state index in [1.165, 1.54) is 0 Å². The Labute approximate surface area is 178 Å². The number of methoxy groups -OCH3 is 2. The van der Waals surface area contributed by atoms with Crippen LogP contribution >= 0.6 is 0 Å². The van der Waals surface area contributed by atoms with Crippen molar-refractivity contribution in [1.29, 1.82) is 0 Å². The maximum atomic E-state index is 12.3. The summed E-state index contributed by atoms with van der Waals surface area (Å²) in [7, 11) is 3.38. The molecule has 170 valence electrons. The molecule has 1 heterocycles. The second-order valence-corrected chi connectivity index (χ2v) is 11.3. The zero-order valence-electron chi connectivity index (χ0n) is 18.3. The molecule has 13 atom stereocenters. The number of rotatable bonds is 4. The van der Waals surface area contributed by atoms with Crippen LogP contribution in [0, 0.1) is 40.4 Å². The van der Waals surface area contributed by atoms with Crippen LogP contribution in [0.1, 0.15) is 32.6 Å². The molecule has 5 aliphatic carbocycles. The zero-order chi connectivity index (χ0) is 21.2. The lowest BCUT2D eigenvalue weighted by molar-refractivity contribution is -0.272. The van der Waals surface area contributed by atoms with Crippen LogP contribution in [0.4, 0.5) is 0 Å². The Balaban J connectivity index is 1.61. The van der Waals surface area contributed by atoms with Crippen LogP contribution in [-0.2, 0) is 9.47 Å². The molecule has 6 aliphatic rings. The van der Waals surface area contributed by atoms with E-state index in [-0.39, 0.29) is 47.2 Å². The van der Waals surface area contributed by atoms with E-state index in [2.05, 4.69) is 11.8 Å². The number of piperidine rings is 1. The van der Waals surface area contributed by atoms with Crippen molar-refractivity contribution in [2.24, 2.45) is 40.4 Å². The quantitative estimate of drug-likeness (QED) is 0.499. The van der Waals surface area contributed by atoms with Gasteiger partial charge in [-0.05, 0) is 31.7 Å². The highest BCUT2D eigenvalue weighted by atomic mass is 16.5. The molecule has 0 amide bonds. The minimum absolute atomic E-state index is 0.0158. The van der Waals surface area contributed by atoms with E-state index in [1.807, 2.05) is 0 Å². The molecule has 4 N–H and O–H groups in total. The lowest BCUT2D eigenvalue weighted by Gasteiger charge is -2.68. The van der Waals surface area contributed by atoms with Crippen molar-refractivity contribution in [2.45, 2.75) is 68.7 Å². The molecule has 5 saturated carbocycles. The molecule has 7 bridgehead atoms. The van der Waals surface area contributed by atoms with Crippen molar-refractivity contribution in [1.82, 2.24) is 4.90 Å². The minimum atomic E-state index is -1.18. The van der Waals surface area contributed by atoms with Crippen molar-refractivity contribution in [3.05, 3.63) is 0 Å². The normalized spacial score (nSPS) is 63.3. The second kappa shape index (κ2) is 6.19. The fourth-order valence-corrected chi connectivity index (χ4v) is 10.4. The van der Waals surface area contributed by atoms with Crippen LogP contribution in [0.15, 0.2) is 0 Å². The average Bonchev–Trinajstić information content (AvgIpc) is 3.11. The monoisotopic (exact) mass is 423 g/mol. The van der Waals surface area contributed by atoms with Crippen LogP contribution in [0.25, 0.3) is 0 Å². The molecule has 0 aromatic heterocycles. The van der Waals surface area contributed by atoms with E-state index in [4.69, 9.17) is 9.47 Å². The first-order valence-electron chi connectivity index (χ1n) is 11.8. The number of hydrogen-bond donors (Lipinski definition) is 4. The fraction of sp³-hybridized carbons (Fsp3) is 1.00. The van der Waals surface area contributed by atoms with Gasteiger partial charge in [0, 0.05) is 67.7 Å². The summed E-state index contributed by atoms with van der Waals surface area (Å²) in [5.74, 6) is -0.843. The zero-order valence-corrected chi connectivity index (χ0v) is 18.3. The van der Waals surface area contributed by atoms with E-state index in [0.717, 1.165) is 25.9 Å². The number of likely N-dealkylation sites (tertiary alicyclic amines) is 1. The van der Waals surface area contributed by atoms with Crippen LogP contribution in [0.2, 0.25) is 0 Å². The van der Waals surface area contributed by atoms with Crippen molar-refractivity contribution >= 4 is 0 Å². The third-order valence-electron chi connectivity index (χ3n) is 10.9. The van der Waals surface area contributed by atoms with Crippen LogP contribution < -0.4 is 0 Å². The summed E-state index contributed by atoms with van der Waals surface area (Å²) in [6.45, 7) is 4.34. The van der Waals surface area contributed by atoms with Crippen LogP contribution in [0.5, 0.6) is 0 Å². The molecule has 7 unspecified atom stereocenters. The number of hydrogen-bond acceptors (Lipinski definition) is 7. The first-order valence-corrected chi connectivity index (χ1v) is 11.8. The number of fused-ring (bicyclic) bond motifs is 2. The number of nitrogens with zero attached hydrogens (tertiary/aromatic N) is 1. The minimum Gasteiger partial charge on any atom is -0.392 e. The summed E-state index contributed by atoms with van der Waals surface area (Å²) < 4.78 is 11.5. The Morgan fingerprint density at radius 3 is 2.53 bits per heavy atom. The first kappa shape index (κ1) is 20.3. The molecule has 6 fully saturated rings. The second-order valence-electron chi connectivity index (χ2n) is 11.3. The standard InChI is InChI=1S/C23H37NO6/c1-4-24-9-21(10-29-2)6-5-14(25)23-12-7-11-13(30-3)8-22(28,15(12)17(11)26)16(20(23)24)18(27)19(21)23/h11-20,25-28H,4-10H2,1-3H3/t11-,12?,13+,14?,15?,16?,17+,18+,19?,20?,21+,22-,23?/m1/s1. The Morgan fingerprint density at radius 2 is 1.87 bits per heavy atom. The highest BCUT2D eigenvalue weighted by Gasteiger charge is 2.85. The summed E-state index contributed by atoms with van der Waals surface area (Å²) in [5, 5.41) is 47.2. The Hall–Kier alpha value is -0.280. The summed E-state index contributed by atoms with van der Waals surface area (Å²) in [6, 6.07) is -0.0735. The first-order chi connectivity index (χ1) is 14.3. The molecular weight excluding hydrogens is 386 g/mol. The van der Waals surface area contributed by atoms with Gasteiger partial charge in [0.05, 0.1) is 36.6 Å². The van der Waals surface area contributed by atoms with Crippen LogP contribution in [0.3, 0.4) is 0 Å². The molecule has 0 radical (unpaired) electrons. The molecule has 7 heteroatoms. The smallest absolute Gasteiger partial charge is 0.0796 e. The van der Waals surface area contributed by atoms with Gasteiger partial charge in [0.15, 0.2) is 0 Å². The Bertz CT molecular complexity index is 736. The maximum Gasteiger partial charge on any atom is 0.0796 e. The molecule has 0 aromatic rings. The van der Waals surface area contributed by atoms with Gasteiger partial charge in [-0.3, -0.25) is 4.90 Å². The van der Waals surface area contributed by atoms with Crippen molar-refractivity contribution < 1.29 is 29.9 Å². The van der Waals surface area contributed by atoms with Gasteiger partial charge < -0.3 is 29.9 Å². The van der Waals surface area contributed by atoms with E-state index in [1.54, 1.807) is 14.2 Å². The Morgan fingerprint density at radius 1 is 1.10 bits per heavy atom. The van der Waals surface area contributed by atoms with Gasteiger partial charge >= 0.3 is 0 Å². The highest BCUT2D eigenvalue weighted by molar-refractivity contribution is 5.35. The van der Waals surface area contributed by atoms with Gasteiger partial charge in [0.2, 0.25) is 0 Å². The number of ether oxygens (including phenoxy) is 2. The van der Waals surface area contributed by atoms with Gasteiger partial charge in [-0.25, -0.2) is 0 Å². The van der Waals surface area contributed by atoms with Crippen molar-refractivity contribution in [2.75, 3.05) is 33.9 Å². The number of aliphatic hydroxyl groups is 4. The lowest BCUT2D eigenvalue weighted by Crippen LogP contribution is -2.76. The molecule has 30 heavy (non-hydrogen) atoms. The van der Waals surface area contributed by atoms with Gasteiger partial charge in [-0.1, -0.05) is 6.92 Å². The van der Waals surface area contributed by atoms with Gasteiger partial charge in [-0.15, -0.1) is 0 Å². The topological polar surface area (TPSA) is 103 Å². The molecule has 1 aliphatic heterocycles. The predicted molar refractivity (Wildman–Crippen MR) is 107 cm³/mol. The summed E-state index contributed by atoms with van der Waals surface area (Å²) in [4.78, 5) is 2.42. The van der Waals surface area contributed by atoms with E-state index in [9.17, 15) is 20.4 Å². The lowest BCUT2D eigenvalue weighted by atomic mass is 9.43. The van der Waals surface area contributed by atoms with E-state index in [0.29, 0.717) is 19.4 Å². The van der Waals surface area contributed by atoms with E-state index < -0.39 is 29.3 Å². The summed E-state index contributed by atoms with van der Waals surface area (Å²) in [5.41, 5.74) is -1.92. The highest BCUT2D eigenvalue weighted by Crippen LogP contribution is 2.78. The van der Waals surface area contributed by atoms with Crippen molar-refractivity contribution in [3.63, 3.8) is 0 Å². The van der Waals surface area contributed by atoms with E-state index >= 15 is 0 Å². The van der Waals surface area contributed by atoms with Crippen LogP contribution in [-0.4, -0.2) is 95.3 Å². The summed E-state index contributed by atoms with van der Waals surface area (Å²) >= 11 is 0. The largest absolute Gasteiger partial charge is 0.392 e. The summed E-state index contributed by atoms with van der Waals surface area (Å²) in [6.07, 6.45) is 0.615. The Kier molecular flexibility index (Phi) is 4.19. The van der Waals surface area contributed by atoms with Crippen molar-refractivity contribution in [3.8, 4) is 0 Å². The molecule has 6 rings (SSSR count). The maximum absolute atomic E-state index is 12.3. The van der Waals surface area contributed by atoms with Gasteiger partial charge in [-0.2, -0.15) is 0 Å². The molecule has 7 nitrogen and oxygen atoms in total. The third kappa shape index (κ3) is 1.91. The average molecular weight is 424 g/mol. The molecule has 0 aromatic carbocycles. The predicted octanol–water partition coefficient (Wildman–Crippen LogP) is -0.152.